The fourth-order valence-electron chi connectivity index (χ4n) is 3.90. The summed E-state index contributed by atoms with van der Waals surface area (Å²) in [4.78, 5) is 45.1. The van der Waals surface area contributed by atoms with Crippen LogP contribution in [0.3, 0.4) is 0 Å². The smallest absolute Gasteiger partial charge is 0.311 e. The van der Waals surface area contributed by atoms with Gasteiger partial charge in [-0.05, 0) is 30.2 Å². The van der Waals surface area contributed by atoms with E-state index in [2.05, 4.69) is 4.98 Å². The average Bonchev–Trinajstić information content (AvgIpc) is 3.44. The number of carbonyl (C=O) groups is 3. The lowest BCUT2D eigenvalue weighted by atomic mass is 10.1. The van der Waals surface area contributed by atoms with E-state index < -0.39 is 11.9 Å². The van der Waals surface area contributed by atoms with Crippen LogP contribution in [-0.2, 0) is 32.1 Å². The number of amides is 2. The highest BCUT2D eigenvalue weighted by Gasteiger charge is 2.36. The van der Waals surface area contributed by atoms with Crippen molar-refractivity contribution in [1.29, 1.82) is 0 Å². The molecule has 1 aromatic heterocycles. The zero-order valence-corrected chi connectivity index (χ0v) is 19.4. The summed E-state index contributed by atoms with van der Waals surface area (Å²) in [6.45, 7) is 3.82. The number of esters is 1. The van der Waals surface area contributed by atoms with Crippen molar-refractivity contribution in [3.63, 3.8) is 0 Å². The van der Waals surface area contributed by atoms with Crippen molar-refractivity contribution in [2.24, 2.45) is 5.92 Å². The van der Waals surface area contributed by atoms with Gasteiger partial charge in [-0.3, -0.25) is 19.3 Å². The lowest BCUT2D eigenvalue weighted by Gasteiger charge is -2.19. The molecule has 1 unspecified atom stereocenters. The molecule has 0 N–H and O–H groups in total. The molecule has 0 spiro atoms. The first kappa shape index (κ1) is 22.7. The molecule has 2 heterocycles. The first-order chi connectivity index (χ1) is 16.0. The first-order valence-electron chi connectivity index (χ1n) is 10.8. The van der Waals surface area contributed by atoms with E-state index in [0.29, 0.717) is 17.4 Å². The number of aromatic nitrogens is 1. The fraction of sp³-hybridized carbons (Fsp3) is 0.280. The number of hydrogen-bond acceptors (Lipinski definition) is 6. The van der Waals surface area contributed by atoms with Crippen LogP contribution in [0.4, 0.5) is 16.5 Å². The van der Waals surface area contributed by atoms with Crippen molar-refractivity contribution in [3.8, 4) is 0 Å². The van der Waals surface area contributed by atoms with E-state index in [1.165, 1.54) is 23.2 Å². The van der Waals surface area contributed by atoms with Crippen LogP contribution < -0.4 is 9.80 Å². The minimum atomic E-state index is -0.515. The second-order valence-corrected chi connectivity index (χ2v) is 8.64. The highest BCUT2D eigenvalue weighted by atomic mass is 32.1. The second-order valence-electron chi connectivity index (χ2n) is 7.81. The van der Waals surface area contributed by atoms with E-state index in [1.807, 2.05) is 61.5 Å². The predicted octanol–water partition coefficient (Wildman–Crippen LogP) is 4.49. The van der Waals surface area contributed by atoms with Crippen molar-refractivity contribution in [2.75, 3.05) is 16.3 Å². The van der Waals surface area contributed by atoms with Gasteiger partial charge < -0.3 is 9.64 Å². The van der Waals surface area contributed by atoms with Crippen LogP contribution in [0.2, 0.25) is 0 Å². The monoisotopic (exact) mass is 463 g/mol. The summed E-state index contributed by atoms with van der Waals surface area (Å²) in [5.74, 6) is -1.16. The molecule has 170 valence electrons. The number of carbonyl (C=O) groups excluding carboxylic acids is 3. The molecule has 1 fully saturated rings. The van der Waals surface area contributed by atoms with Gasteiger partial charge in [-0.1, -0.05) is 43.3 Å². The Morgan fingerprint density at radius 1 is 1.15 bits per heavy atom. The fourth-order valence-corrected chi connectivity index (χ4v) is 4.78. The van der Waals surface area contributed by atoms with Gasteiger partial charge in [-0.25, -0.2) is 4.98 Å². The van der Waals surface area contributed by atoms with E-state index in [1.54, 1.807) is 10.3 Å². The molecule has 0 radical (unpaired) electrons. The molecule has 2 aromatic carbocycles. The largest absolute Gasteiger partial charge is 0.459 e. The van der Waals surface area contributed by atoms with Gasteiger partial charge in [0.25, 0.3) is 0 Å². The van der Waals surface area contributed by atoms with E-state index in [9.17, 15) is 14.4 Å². The zero-order chi connectivity index (χ0) is 23.4. The zero-order valence-electron chi connectivity index (χ0n) is 18.6. The van der Waals surface area contributed by atoms with Gasteiger partial charge in [0.2, 0.25) is 11.8 Å². The predicted molar refractivity (Wildman–Crippen MR) is 127 cm³/mol. The van der Waals surface area contributed by atoms with Crippen molar-refractivity contribution in [3.05, 3.63) is 71.2 Å². The van der Waals surface area contributed by atoms with E-state index in [-0.39, 0.29) is 24.8 Å². The van der Waals surface area contributed by atoms with Crippen LogP contribution in [-0.4, -0.2) is 29.3 Å². The molecule has 7 nitrogen and oxygen atoms in total. The Kier molecular flexibility index (Phi) is 6.84. The van der Waals surface area contributed by atoms with Crippen molar-refractivity contribution < 1.29 is 19.1 Å². The third-order valence-electron chi connectivity index (χ3n) is 5.54. The molecule has 8 heteroatoms. The summed E-state index contributed by atoms with van der Waals surface area (Å²) in [6, 6.07) is 17.0. The lowest BCUT2D eigenvalue weighted by molar-refractivity contribution is -0.149. The lowest BCUT2D eigenvalue weighted by Crippen LogP contribution is -2.27. The molecule has 1 aliphatic rings. The summed E-state index contributed by atoms with van der Waals surface area (Å²) >= 11 is 1.31. The number of ether oxygens (including phenoxy) is 1. The Labute approximate surface area is 196 Å². The molecule has 4 rings (SSSR count). The van der Waals surface area contributed by atoms with Crippen LogP contribution in [0, 0.1) is 5.92 Å². The SMILES string of the molecule is CCc1ccccc1N1CC(C(=O)OCc2csc(N(C(C)=O)c3ccccc3)n2)CC1=O. The molecular formula is C25H25N3O4S. The number of anilines is 3. The number of nitrogens with zero attached hydrogens (tertiary/aromatic N) is 3. The standard InChI is InChI=1S/C25H25N3O4S/c1-3-18-9-7-8-12-22(18)27-14-19(13-23(27)30)24(31)32-15-20-16-33-25(26-20)28(17(2)29)21-10-5-4-6-11-21/h4-12,16,19H,3,13-15H2,1-2H3. The number of thiazole rings is 1. The molecule has 2 amide bonds. The Hall–Kier alpha value is -3.52. The van der Waals surface area contributed by atoms with E-state index >= 15 is 0 Å². The van der Waals surface area contributed by atoms with Crippen LogP contribution in [0.5, 0.6) is 0 Å². The van der Waals surface area contributed by atoms with Crippen LogP contribution in [0.25, 0.3) is 0 Å². The molecule has 0 bridgehead atoms. The van der Waals surface area contributed by atoms with Gasteiger partial charge >= 0.3 is 5.97 Å². The summed E-state index contributed by atoms with van der Waals surface area (Å²) in [7, 11) is 0. The molecular weight excluding hydrogens is 438 g/mol. The number of benzene rings is 2. The maximum absolute atomic E-state index is 12.7. The minimum Gasteiger partial charge on any atom is -0.459 e. The third-order valence-corrected chi connectivity index (χ3v) is 6.42. The number of aryl methyl sites for hydroxylation is 1. The molecule has 3 aromatic rings. The van der Waals surface area contributed by atoms with Crippen LogP contribution >= 0.6 is 11.3 Å². The minimum absolute atomic E-state index is 0.00783. The summed E-state index contributed by atoms with van der Waals surface area (Å²) in [5.41, 5.74) is 3.21. The van der Waals surface area contributed by atoms with Gasteiger partial charge in [0.1, 0.15) is 6.61 Å². The molecule has 1 atom stereocenters. The Morgan fingerprint density at radius 3 is 2.61 bits per heavy atom. The Balaban J connectivity index is 1.39. The summed E-state index contributed by atoms with van der Waals surface area (Å²) in [6.07, 6.45) is 0.937. The average molecular weight is 464 g/mol. The van der Waals surface area contributed by atoms with Crippen molar-refractivity contribution >= 4 is 45.6 Å². The molecule has 0 aliphatic carbocycles. The van der Waals surface area contributed by atoms with Gasteiger partial charge in [-0.2, -0.15) is 0 Å². The van der Waals surface area contributed by atoms with Gasteiger partial charge in [-0.15, -0.1) is 11.3 Å². The Bertz CT molecular complexity index is 1160. The number of hydrogen-bond donors (Lipinski definition) is 0. The third kappa shape index (κ3) is 4.96. The molecule has 1 saturated heterocycles. The van der Waals surface area contributed by atoms with Gasteiger partial charge in [0.15, 0.2) is 5.13 Å². The quantitative estimate of drug-likeness (QED) is 0.483. The first-order valence-corrected chi connectivity index (χ1v) is 11.7. The topological polar surface area (TPSA) is 79.8 Å². The summed E-state index contributed by atoms with van der Waals surface area (Å²) in [5, 5.41) is 2.28. The van der Waals surface area contributed by atoms with Gasteiger partial charge in [0, 0.05) is 31.0 Å². The second kappa shape index (κ2) is 9.95. The number of rotatable bonds is 7. The normalized spacial score (nSPS) is 15.5. The van der Waals surface area contributed by atoms with Crippen molar-refractivity contribution in [2.45, 2.75) is 33.3 Å². The molecule has 1 aliphatic heterocycles. The van der Waals surface area contributed by atoms with E-state index in [4.69, 9.17) is 4.74 Å². The highest BCUT2D eigenvalue weighted by molar-refractivity contribution is 7.14. The van der Waals surface area contributed by atoms with Crippen LogP contribution in [0.1, 0.15) is 31.5 Å². The maximum Gasteiger partial charge on any atom is 0.311 e. The van der Waals surface area contributed by atoms with Crippen molar-refractivity contribution in [1.82, 2.24) is 4.98 Å². The Morgan fingerprint density at radius 2 is 1.88 bits per heavy atom. The summed E-state index contributed by atoms with van der Waals surface area (Å²) < 4.78 is 5.48. The van der Waals surface area contributed by atoms with Gasteiger partial charge in [0.05, 0.1) is 17.3 Å². The van der Waals surface area contributed by atoms with Crippen LogP contribution in [0.15, 0.2) is 60.0 Å². The molecule has 33 heavy (non-hydrogen) atoms. The maximum atomic E-state index is 12.7. The number of para-hydroxylation sites is 2. The molecule has 0 saturated carbocycles. The van der Waals surface area contributed by atoms with E-state index in [0.717, 1.165) is 23.4 Å². The highest BCUT2D eigenvalue weighted by Crippen LogP contribution is 2.31.